The Bertz CT molecular complexity index is 1710. The maximum Gasteiger partial charge on any atom is 0.328 e. The second kappa shape index (κ2) is 10.4. The lowest BCUT2D eigenvalue weighted by molar-refractivity contribution is -0.158. The van der Waals surface area contributed by atoms with Crippen molar-refractivity contribution in [2.75, 3.05) is 13.7 Å². The van der Waals surface area contributed by atoms with E-state index < -0.39 is 29.7 Å². The summed E-state index contributed by atoms with van der Waals surface area (Å²) in [6.45, 7) is 1.76. The van der Waals surface area contributed by atoms with E-state index in [0.717, 1.165) is 43.4 Å². The summed E-state index contributed by atoms with van der Waals surface area (Å²) in [4.78, 5) is 26.6. The maximum absolute atomic E-state index is 13.8. The molecule has 188 valence electrons. The van der Waals surface area contributed by atoms with Crippen molar-refractivity contribution in [1.82, 2.24) is 0 Å². The number of hydrogen-bond donors (Lipinski definition) is 0. The van der Waals surface area contributed by atoms with Crippen LogP contribution in [0.1, 0.15) is 30.4 Å². The first-order valence-electron chi connectivity index (χ1n) is 12.6. The van der Waals surface area contributed by atoms with Crippen molar-refractivity contribution >= 4 is 44.3 Å². The van der Waals surface area contributed by atoms with E-state index in [1.807, 2.05) is 91.0 Å². The highest BCUT2D eigenvalue weighted by Gasteiger charge is 2.52. The van der Waals surface area contributed by atoms with Gasteiger partial charge in [0.1, 0.15) is 0 Å². The number of esters is 2. The minimum atomic E-state index is -1.88. The van der Waals surface area contributed by atoms with Crippen LogP contribution in [0.4, 0.5) is 0 Å². The number of rotatable bonds is 7. The molecule has 0 N–H and O–H groups in total. The number of ether oxygens (including phenoxy) is 2. The largest absolute Gasteiger partial charge is 0.469 e. The van der Waals surface area contributed by atoms with E-state index in [1.165, 1.54) is 7.11 Å². The first-order valence-corrected chi connectivity index (χ1v) is 12.6. The molecule has 0 radical (unpaired) electrons. The fraction of sp³-hybridized carbons (Fsp3) is 0.182. The molecule has 0 bridgehead atoms. The molecular weight excluding hydrogens is 474 g/mol. The second-order valence-corrected chi connectivity index (χ2v) is 9.29. The summed E-state index contributed by atoms with van der Waals surface area (Å²) in [6, 6.07) is 34.0. The monoisotopic (exact) mass is 501 g/mol. The Morgan fingerprint density at radius 1 is 0.789 bits per heavy atom. The Morgan fingerprint density at radius 2 is 1.37 bits per heavy atom. The highest BCUT2D eigenvalue weighted by Crippen LogP contribution is 2.49. The summed E-state index contributed by atoms with van der Waals surface area (Å²) >= 11 is 0. The van der Waals surface area contributed by atoms with Crippen LogP contribution in [0.5, 0.6) is 0 Å². The second-order valence-electron chi connectivity index (χ2n) is 9.29. The lowest BCUT2D eigenvalue weighted by Crippen LogP contribution is -2.40. The molecule has 0 amide bonds. The van der Waals surface area contributed by atoms with E-state index in [9.17, 15) is 14.9 Å². The van der Waals surface area contributed by atoms with E-state index in [-0.39, 0.29) is 6.61 Å². The molecule has 0 aliphatic carbocycles. The fourth-order valence-electron chi connectivity index (χ4n) is 5.53. The highest BCUT2D eigenvalue weighted by atomic mass is 16.5. The van der Waals surface area contributed by atoms with Gasteiger partial charge in [-0.15, -0.1) is 0 Å². The number of benzene rings is 5. The molecule has 38 heavy (non-hydrogen) atoms. The fourth-order valence-corrected chi connectivity index (χ4v) is 5.53. The number of carbonyl (C=O) groups excluding carboxylic acids is 2. The predicted octanol–water partition coefficient (Wildman–Crippen LogP) is 6.91. The number of nitrogens with zero attached hydrogens (tertiary/aromatic N) is 1. The van der Waals surface area contributed by atoms with Crippen LogP contribution < -0.4 is 0 Å². The predicted molar refractivity (Wildman–Crippen MR) is 149 cm³/mol. The zero-order valence-corrected chi connectivity index (χ0v) is 21.3. The number of hydrogen-bond acceptors (Lipinski definition) is 5. The summed E-state index contributed by atoms with van der Waals surface area (Å²) in [5, 5.41) is 16.6. The molecule has 5 aromatic rings. The van der Waals surface area contributed by atoms with Gasteiger partial charge in [0.05, 0.1) is 26.2 Å². The van der Waals surface area contributed by atoms with Crippen LogP contribution >= 0.6 is 0 Å². The Balaban J connectivity index is 1.95. The average Bonchev–Trinajstić information content (AvgIpc) is 2.96. The van der Waals surface area contributed by atoms with Crippen LogP contribution in [-0.2, 0) is 19.1 Å². The third-order valence-electron chi connectivity index (χ3n) is 7.23. The molecule has 0 aromatic heterocycles. The summed E-state index contributed by atoms with van der Waals surface area (Å²) in [6.07, 6.45) is -0.451. The topological polar surface area (TPSA) is 76.4 Å². The van der Waals surface area contributed by atoms with Gasteiger partial charge in [-0.05, 0) is 50.4 Å². The standard InChI is InChI=1S/C33H27NO4/c1-3-38-32(36)33(21-34,20-29(35)37-2)31(27-16-8-12-22-10-4-6-14-25(22)27)28-17-9-13-24-19-18-23-11-5-7-15-26(23)30(24)28/h4-19,31H,3,20H2,1-2H3/t31-,33+/m0/s1. The van der Waals surface area contributed by atoms with Crippen molar-refractivity contribution in [3.63, 3.8) is 0 Å². The maximum atomic E-state index is 13.8. The van der Waals surface area contributed by atoms with Crippen molar-refractivity contribution in [2.45, 2.75) is 19.3 Å². The molecule has 5 rings (SSSR count). The molecule has 0 spiro atoms. The van der Waals surface area contributed by atoms with Crippen LogP contribution in [0.25, 0.3) is 32.3 Å². The lowest BCUT2D eigenvalue weighted by Gasteiger charge is -2.34. The first kappa shape index (κ1) is 25.0. The molecule has 2 atom stereocenters. The van der Waals surface area contributed by atoms with Gasteiger partial charge < -0.3 is 9.47 Å². The molecule has 5 heteroatoms. The van der Waals surface area contributed by atoms with Gasteiger partial charge in [0.2, 0.25) is 0 Å². The first-order chi connectivity index (χ1) is 18.5. The summed E-state index contributed by atoms with van der Waals surface area (Å²) < 4.78 is 10.5. The van der Waals surface area contributed by atoms with Crippen molar-refractivity contribution in [2.24, 2.45) is 5.41 Å². The Hall–Kier alpha value is -4.69. The van der Waals surface area contributed by atoms with Crippen LogP contribution in [0, 0.1) is 16.7 Å². The van der Waals surface area contributed by atoms with Crippen molar-refractivity contribution in [3.8, 4) is 6.07 Å². The molecule has 0 aliphatic heterocycles. The van der Waals surface area contributed by atoms with Crippen LogP contribution in [0.15, 0.2) is 97.1 Å². The van der Waals surface area contributed by atoms with E-state index >= 15 is 0 Å². The van der Waals surface area contributed by atoms with Crippen molar-refractivity contribution in [1.29, 1.82) is 5.26 Å². The normalized spacial score (nSPS) is 13.5. The van der Waals surface area contributed by atoms with Gasteiger partial charge in [0.25, 0.3) is 0 Å². The minimum absolute atomic E-state index is 0.0736. The Morgan fingerprint density at radius 3 is 2.05 bits per heavy atom. The van der Waals surface area contributed by atoms with E-state index in [2.05, 4.69) is 12.1 Å². The molecule has 5 aromatic carbocycles. The zero-order chi connectivity index (χ0) is 26.7. The van der Waals surface area contributed by atoms with Gasteiger partial charge >= 0.3 is 11.9 Å². The molecule has 0 unspecified atom stereocenters. The minimum Gasteiger partial charge on any atom is -0.469 e. The van der Waals surface area contributed by atoms with Gasteiger partial charge in [-0.2, -0.15) is 5.26 Å². The summed E-state index contributed by atoms with van der Waals surface area (Å²) in [5.41, 5.74) is -0.338. The zero-order valence-electron chi connectivity index (χ0n) is 21.3. The van der Waals surface area contributed by atoms with Gasteiger partial charge in [-0.25, -0.2) is 0 Å². The van der Waals surface area contributed by atoms with Crippen LogP contribution in [0.2, 0.25) is 0 Å². The molecule has 0 fully saturated rings. The Labute approximate surface area is 221 Å². The van der Waals surface area contributed by atoms with Gasteiger partial charge in [-0.1, -0.05) is 97.1 Å². The molecule has 0 saturated heterocycles. The third-order valence-corrected chi connectivity index (χ3v) is 7.23. The molecule has 0 saturated carbocycles. The molecule has 0 heterocycles. The van der Waals surface area contributed by atoms with Gasteiger partial charge in [-0.3, -0.25) is 9.59 Å². The van der Waals surface area contributed by atoms with Crippen molar-refractivity contribution in [3.05, 3.63) is 108 Å². The van der Waals surface area contributed by atoms with Crippen LogP contribution in [0.3, 0.4) is 0 Å². The molecule has 5 nitrogen and oxygen atoms in total. The van der Waals surface area contributed by atoms with E-state index in [1.54, 1.807) is 6.92 Å². The number of nitriles is 1. The summed E-state index contributed by atoms with van der Waals surface area (Å²) in [7, 11) is 1.26. The number of fused-ring (bicyclic) bond motifs is 4. The number of carbonyl (C=O) groups is 2. The quantitative estimate of drug-likeness (QED) is 0.179. The number of methoxy groups -OCH3 is 1. The van der Waals surface area contributed by atoms with E-state index in [0.29, 0.717) is 0 Å². The van der Waals surface area contributed by atoms with Gasteiger partial charge in [0.15, 0.2) is 5.41 Å². The molecular formula is C33H27NO4. The van der Waals surface area contributed by atoms with Crippen LogP contribution in [-0.4, -0.2) is 25.7 Å². The average molecular weight is 502 g/mol. The highest BCUT2D eigenvalue weighted by molar-refractivity contribution is 6.10. The lowest BCUT2D eigenvalue weighted by atomic mass is 9.65. The third kappa shape index (κ3) is 4.14. The van der Waals surface area contributed by atoms with E-state index in [4.69, 9.17) is 9.47 Å². The van der Waals surface area contributed by atoms with Crippen molar-refractivity contribution < 1.29 is 19.1 Å². The smallest absolute Gasteiger partial charge is 0.328 e. The SMILES string of the molecule is CCOC(=O)[C@@](C#N)(CC(=O)OC)[C@@H](c1cccc2ccccc12)c1cccc2ccc3ccccc3c12. The summed E-state index contributed by atoms with van der Waals surface area (Å²) in [5.74, 6) is -2.23. The molecule has 0 aliphatic rings. The Kier molecular flexibility index (Phi) is 6.81. The van der Waals surface area contributed by atoms with Gasteiger partial charge in [0, 0.05) is 5.92 Å².